The molecule has 2 atom stereocenters. The molecule has 1 fully saturated rings. The highest BCUT2D eigenvalue weighted by molar-refractivity contribution is 6.31. The first kappa shape index (κ1) is 14.4. The van der Waals surface area contributed by atoms with Gasteiger partial charge in [0, 0.05) is 31.9 Å². The maximum absolute atomic E-state index is 12.6. The Bertz CT molecular complexity index is 458. The number of carbonyl (C=O) groups is 1. The predicted molar refractivity (Wildman–Crippen MR) is 77.4 cm³/mol. The Kier molecular flexibility index (Phi) is 4.53. The first-order valence-corrected chi connectivity index (χ1v) is 7.31. The van der Waals surface area contributed by atoms with E-state index < -0.39 is 0 Å². The summed E-state index contributed by atoms with van der Waals surface area (Å²) in [5.41, 5.74) is 6.69. The van der Waals surface area contributed by atoms with Crippen LogP contribution in [-0.4, -0.2) is 34.5 Å². The second-order valence-electron chi connectivity index (χ2n) is 5.42. The third kappa shape index (κ3) is 3.12. The normalized spacial score (nSPS) is 23.7. The number of amides is 1. The van der Waals surface area contributed by atoms with Crippen LogP contribution >= 0.6 is 11.6 Å². The van der Waals surface area contributed by atoms with E-state index in [9.17, 15) is 4.79 Å². The molecule has 1 amide bonds. The molecule has 1 aliphatic rings. The van der Waals surface area contributed by atoms with E-state index in [4.69, 9.17) is 17.3 Å². The molecule has 0 aliphatic carbocycles. The van der Waals surface area contributed by atoms with Crippen LogP contribution in [0.15, 0.2) is 12.3 Å². The maximum Gasteiger partial charge on any atom is 0.270 e. The molecule has 1 aromatic heterocycles. The average molecular weight is 284 g/mol. The van der Waals surface area contributed by atoms with Gasteiger partial charge in [-0.25, -0.2) is 0 Å². The number of halogens is 1. The molecule has 1 saturated heterocycles. The standard InChI is InChI=1S/C14H22ClN3O/c1-3-5-17-9-11(15)7-13(17)14(19)18-6-4-12(16)10(2)8-18/h7,9-10,12H,3-6,8,16H2,1-2H3. The quantitative estimate of drug-likeness (QED) is 0.926. The molecule has 5 heteroatoms. The minimum Gasteiger partial charge on any atom is -0.342 e. The van der Waals surface area contributed by atoms with Gasteiger partial charge >= 0.3 is 0 Å². The lowest BCUT2D eigenvalue weighted by Gasteiger charge is -2.35. The Labute approximate surface area is 119 Å². The fourth-order valence-corrected chi connectivity index (χ4v) is 2.81. The highest BCUT2D eigenvalue weighted by Crippen LogP contribution is 2.20. The fraction of sp³-hybridized carbons (Fsp3) is 0.643. The number of piperidine rings is 1. The van der Waals surface area contributed by atoms with E-state index in [0.717, 1.165) is 32.5 Å². The number of aromatic nitrogens is 1. The number of nitrogens with zero attached hydrogens (tertiary/aromatic N) is 2. The third-order valence-electron chi connectivity index (χ3n) is 3.81. The van der Waals surface area contributed by atoms with Gasteiger partial charge in [-0.2, -0.15) is 0 Å². The van der Waals surface area contributed by atoms with Crippen LogP contribution < -0.4 is 5.73 Å². The van der Waals surface area contributed by atoms with Gasteiger partial charge in [-0.15, -0.1) is 0 Å². The summed E-state index contributed by atoms with van der Waals surface area (Å²) in [4.78, 5) is 14.5. The molecule has 0 aromatic carbocycles. The number of aryl methyl sites for hydroxylation is 1. The van der Waals surface area contributed by atoms with Crippen LogP contribution in [0.4, 0.5) is 0 Å². The van der Waals surface area contributed by atoms with Crippen molar-refractivity contribution in [3.8, 4) is 0 Å². The van der Waals surface area contributed by atoms with Gasteiger partial charge < -0.3 is 15.2 Å². The van der Waals surface area contributed by atoms with E-state index in [2.05, 4.69) is 13.8 Å². The van der Waals surface area contributed by atoms with Crippen LogP contribution in [0.3, 0.4) is 0 Å². The van der Waals surface area contributed by atoms with E-state index in [1.165, 1.54) is 0 Å². The third-order valence-corrected chi connectivity index (χ3v) is 4.01. The van der Waals surface area contributed by atoms with Crippen LogP contribution in [0.5, 0.6) is 0 Å². The fourth-order valence-electron chi connectivity index (χ4n) is 2.59. The predicted octanol–water partition coefficient (Wildman–Crippen LogP) is 2.36. The molecule has 0 saturated carbocycles. The highest BCUT2D eigenvalue weighted by Gasteiger charge is 2.28. The first-order chi connectivity index (χ1) is 9.02. The largest absolute Gasteiger partial charge is 0.342 e. The summed E-state index contributed by atoms with van der Waals surface area (Å²) < 4.78 is 1.95. The van der Waals surface area contributed by atoms with Gasteiger partial charge in [0.05, 0.1) is 5.02 Å². The van der Waals surface area contributed by atoms with Gasteiger partial charge in [-0.1, -0.05) is 25.4 Å². The smallest absolute Gasteiger partial charge is 0.270 e. The lowest BCUT2D eigenvalue weighted by Crippen LogP contribution is -2.48. The Morgan fingerprint density at radius 3 is 2.95 bits per heavy atom. The molecule has 0 radical (unpaired) electrons. The maximum atomic E-state index is 12.6. The molecule has 2 heterocycles. The molecule has 2 N–H and O–H groups in total. The van der Waals surface area contributed by atoms with Crippen molar-refractivity contribution in [3.05, 3.63) is 23.0 Å². The van der Waals surface area contributed by atoms with Crippen molar-refractivity contribution >= 4 is 17.5 Å². The van der Waals surface area contributed by atoms with E-state index in [0.29, 0.717) is 16.6 Å². The zero-order valence-corrected chi connectivity index (χ0v) is 12.4. The number of carbonyl (C=O) groups excluding carboxylic acids is 1. The summed E-state index contributed by atoms with van der Waals surface area (Å²) in [5.74, 6) is 0.418. The topological polar surface area (TPSA) is 51.3 Å². The summed E-state index contributed by atoms with van der Waals surface area (Å²) in [5, 5.41) is 0.624. The summed E-state index contributed by atoms with van der Waals surface area (Å²) in [6, 6.07) is 1.97. The Hall–Kier alpha value is -1.00. The molecule has 2 rings (SSSR count). The Morgan fingerprint density at radius 1 is 1.58 bits per heavy atom. The first-order valence-electron chi connectivity index (χ1n) is 6.93. The van der Waals surface area contributed by atoms with Crippen molar-refractivity contribution in [3.63, 3.8) is 0 Å². The number of rotatable bonds is 3. The van der Waals surface area contributed by atoms with Crippen molar-refractivity contribution in [1.29, 1.82) is 0 Å². The van der Waals surface area contributed by atoms with Crippen molar-refractivity contribution in [2.24, 2.45) is 11.7 Å². The molecule has 19 heavy (non-hydrogen) atoms. The van der Waals surface area contributed by atoms with Crippen molar-refractivity contribution in [1.82, 2.24) is 9.47 Å². The zero-order valence-electron chi connectivity index (χ0n) is 11.6. The van der Waals surface area contributed by atoms with Crippen LogP contribution in [-0.2, 0) is 6.54 Å². The van der Waals surface area contributed by atoms with Gasteiger partial charge in [0.1, 0.15) is 5.69 Å². The summed E-state index contributed by atoms with van der Waals surface area (Å²) in [6.45, 7) is 6.47. The number of nitrogens with two attached hydrogens (primary N) is 1. The second-order valence-corrected chi connectivity index (χ2v) is 5.85. The molecular formula is C14H22ClN3O. The summed E-state index contributed by atoms with van der Waals surface area (Å²) >= 11 is 6.02. The van der Waals surface area contributed by atoms with Gasteiger partial charge in [-0.3, -0.25) is 4.79 Å². The van der Waals surface area contributed by atoms with Crippen LogP contribution in [0.1, 0.15) is 37.2 Å². The van der Waals surface area contributed by atoms with Gasteiger partial charge in [0.25, 0.3) is 5.91 Å². The van der Waals surface area contributed by atoms with E-state index in [-0.39, 0.29) is 11.9 Å². The van der Waals surface area contributed by atoms with E-state index in [1.807, 2.05) is 15.7 Å². The second kappa shape index (κ2) is 5.97. The number of likely N-dealkylation sites (tertiary alicyclic amines) is 1. The molecule has 4 nitrogen and oxygen atoms in total. The highest BCUT2D eigenvalue weighted by atomic mass is 35.5. The summed E-state index contributed by atoms with van der Waals surface area (Å²) in [6.07, 6.45) is 3.68. The Morgan fingerprint density at radius 2 is 2.32 bits per heavy atom. The van der Waals surface area contributed by atoms with Crippen molar-refractivity contribution in [2.75, 3.05) is 13.1 Å². The molecule has 0 spiro atoms. The number of hydrogen-bond donors (Lipinski definition) is 1. The average Bonchev–Trinajstić information content (AvgIpc) is 2.73. The van der Waals surface area contributed by atoms with Gasteiger partial charge in [0.2, 0.25) is 0 Å². The van der Waals surface area contributed by atoms with E-state index >= 15 is 0 Å². The zero-order chi connectivity index (χ0) is 14.0. The van der Waals surface area contributed by atoms with Gasteiger partial charge in [0.15, 0.2) is 0 Å². The molecule has 0 bridgehead atoms. The van der Waals surface area contributed by atoms with Crippen LogP contribution in [0.25, 0.3) is 0 Å². The lowest BCUT2D eigenvalue weighted by molar-refractivity contribution is 0.0653. The molecule has 106 valence electrons. The van der Waals surface area contributed by atoms with Crippen molar-refractivity contribution in [2.45, 2.75) is 39.3 Å². The molecule has 1 aromatic rings. The molecule has 2 unspecified atom stereocenters. The monoisotopic (exact) mass is 283 g/mol. The minimum atomic E-state index is 0.0686. The Balaban J connectivity index is 2.15. The van der Waals surface area contributed by atoms with Gasteiger partial charge in [-0.05, 0) is 24.8 Å². The van der Waals surface area contributed by atoms with Crippen LogP contribution in [0.2, 0.25) is 5.02 Å². The van der Waals surface area contributed by atoms with Crippen LogP contribution in [0, 0.1) is 5.92 Å². The number of hydrogen-bond acceptors (Lipinski definition) is 2. The van der Waals surface area contributed by atoms with Crippen molar-refractivity contribution < 1.29 is 4.79 Å². The minimum absolute atomic E-state index is 0.0686. The molecule has 1 aliphatic heterocycles. The SMILES string of the molecule is CCCn1cc(Cl)cc1C(=O)N1CCC(N)C(C)C1. The lowest BCUT2D eigenvalue weighted by atomic mass is 9.94. The summed E-state index contributed by atoms with van der Waals surface area (Å²) in [7, 11) is 0. The molecular weight excluding hydrogens is 262 g/mol. The van der Waals surface area contributed by atoms with E-state index in [1.54, 1.807) is 6.07 Å².